The first-order valence-electron chi connectivity index (χ1n) is 11.7. The van der Waals surface area contributed by atoms with Crippen LogP contribution in [0.25, 0.3) is 22.0 Å². The summed E-state index contributed by atoms with van der Waals surface area (Å²) in [6.07, 6.45) is 2.37. The number of aromatic nitrogens is 1. The van der Waals surface area contributed by atoms with E-state index in [9.17, 15) is 19.1 Å². The third-order valence-corrected chi connectivity index (χ3v) is 6.56. The monoisotopic (exact) mass is 471 g/mol. The zero-order valence-electron chi connectivity index (χ0n) is 19.1. The summed E-state index contributed by atoms with van der Waals surface area (Å²) >= 11 is 0. The normalized spacial score (nSPS) is 15.4. The Kier molecular flexibility index (Phi) is 6.33. The van der Waals surface area contributed by atoms with Crippen molar-refractivity contribution in [1.82, 2.24) is 9.88 Å². The molecule has 1 aromatic heterocycles. The Balaban J connectivity index is 1.52. The van der Waals surface area contributed by atoms with Crippen LogP contribution in [0.3, 0.4) is 0 Å². The summed E-state index contributed by atoms with van der Waals surface area (Å²) in [6.45, 7) is 2.79. The molecule has 1 saturated heterocycles. The molecule has 0 bridgehead atoms. The Morgan fingerprint density at radius 3 is 2.51 bits per heavy atom. The number of carboxylic acid groups (broad SMARTS) is 1. The van der Waals surface area contributed by atoms with Crippen molar-refractivity contribution in [3.05, 3.63) is 100 Å². The minimum absolute atomic E-state index is 0.0522. The molecule has 0 radical (unpaired) electrons. The lowest BCUT2D eigenvalue weighted by Crippen LogP contribution is -2.21. The molecule has 6 nitrogen and oxygen atoms in total. The predicted octanol–water partition coefficient (Wildman–Crippen LogP) is 4.58. The van der Waals surface area contributed by atoms with Gasteiger partial charge in [-0.3, -0.25) is 4.79 Å². The van der Waals surface area contributed by atoms with E-state index in [1.165, 1.54) is 6.20 Å². The smallest absolute Gasteiger partial charge is 0.341 e. The fourth-order valence-corrected chi connectivity index (χ4v) is 4.60. The maximum atomic E-state index is 14.9. The number of carboxylic acids is 1. The molecule has 4 aromatic rings. The number of aromatic carboxylic acids is 1. The van der Waals surface area contributed by atoms with Gasteiger partial charge in [0.05, 0.1) is 11.2 Å². The van der Waals surface area contributed by atoms with Gasteiger partial charge in [0.25, 0.3) is 0 Å². The van der Waals surface area contributed by atoms with Crippen LogP contribution in [-0.2, 0) is 6.54 Å². The summed E-state index contributed by atoms with van der Waals surface area (Å²) in [7, 11) is 0. The molecule has 0 unspecified atom stereocenters. The van der Waals surface area contributed by atoms with Crippen LogP contribution >= 0.6 is 0 Å². The van der Waals surface area contributed by atoms with E-state index in [1.807, 2.05) is 54.6 Å². The molecule has 1 aliphatic heterocycles. The van der Waals surface area contributed by atoms with Gasteiger partial charge < -0.3 is 20.3 Å². The zero-order chi connectivity index (χ0) is 24.4. The fourth-order valence-electron chi connectivity index (χ4n) is 4.60. The molecule has 0 amide bonds. The predicted molar refractivity (Wildman–Crippen MR) is 136 cm³/mol. The van der Waals surface area contributed by atoms with Crippen molar-refractivity contribution < 1.29 is 14.3 Å². The van der Waals surface area contributed by atoms with Crippen LogP contribution in [-0.4, -0.2) is 35.3 Å². The van der Waals surface area contributed by atoms with E-state index in [-0.39, 0.29) is 10.9 Å². The van der Waals surface area contributed by atoms with Gasteiger partial charge in [-0.15, -0.1) is 0 Å². The SMILES string of the molecule is O=C(O)c1cn(Cc2ccc(-c3ccccc3)cc2)c2cc(NC[C@@H]3CCNC3)c(F)cc2c1=O. The average molecular weight is 472 g/mol. The molecule has 0 saturated carbocycles. The molecule has 2 heterocycles. The Hall–Kier alpha value is -3.97. The van der Waals surface area contributed by atoms with Crippen LogP contribution in [0, 0.1) is 11.7 Å². The van der Waals surface area contributed by atoms with Crippen molar-refractivity contribution in [3.8, 4) is 11.1 Å². The van der Waals surface area contributed by atoms with Gasteiger partial charge in [0, 0.05) is 24.7 Å². The van der Waals surface area contributed by atoms with E-state index in [0.717, 1.165) is 42.3 Å². The molecule has 0 aliphatic carbocycles. The van der Waals surface area contributed by atoms with E-state index in [2.05, 4.69) is 10.6 Å². The second-order valence-corrected chi connectivity index (χ2v) is 8.96. The van der Waals surface area contributed by atoms with Crippen LogP contribution < -0.4 is 16.1 Å². The molecule has 1 atom stereocenters. The second-order valence-electron chi connectivity index (χ2n) is 8.96. The Morgan fingerprint density at radius 1 is 1.09 bits per heavy atom. The number of hydrogen-bond donors (Lipinski definition) is 3. The number of nitrogens with one attached hydrogen (secondary N) is 2. The summed E-state index contributed by atoms with van der Waals surface area (Å²) in [5.41, 5.74) is 2.83. The largest absolute Gasteiger partial charge is 0.477 e. The number of rotatable bonds is 7. The molecule has 7 heteroatoms. The molecule has 3 N–H and O–H groups in total. The van der Waals surface area contributed by atoms with Crippen LogP contribution in [0.2, 0.25) is 0 Å². The van der Waals surface area contributed by atoms with Gasteiger partial charge in [0.2, 0.25) is 5.43 Å². The Bertz CT molecular complexity index is 1430. The van der Waals surface area contributed by atoms with Crippen molar-refractivity contribution >= 4 is 22.6 Å². The van der Waals surface area contributed by atoms with Crippen molar-refractivity contribution in [1.29, 1.82) is 0 Å². The minimum atomic E-state index is -1.33. The number of anilines is 1. The van der Waals surface area contributed by atoms with E-state index < -0.39 is 17.2 Å². The van der Waals surface area contributed by atoms with Gasteiger partial charge >= 0.3 is 5.97 Å². The first-order chi connectivity index (χ1) is 17.0. The van der Waals surface area contributed by atoms with E-state index in [4.69, 9.17) is 0 Å². The zero-order valence-corrected chi connectivity index (χ0v) is 19.1. The molecular weight excluding hydrogens is 445 g/mol. The van der Waals surface area contributed by atoms with Crippen LogP contribution in [0.1, 0.15) is 22.3 Å². The second kappa shape index (κ2) is 9.72. The fraction of sp³-hybridized carbons (Fsp3) is 0.214. The summed E-state index contributed by atoms with van der Waals surface area (Å²) in [5.74, 6) is -1.49. The third-order valence-electron chi connectivity index (χ3n) is 6.56. The van der Waals surface area contributed by atoms with Gasteiger partial charge in [0.15, 0.2) is 0 Å². The first kappa shape index (κ1) is 22.8. The molecule has 5 rings (SSSR count). The summed E-state index contributed by atoms with van der Waals surface area (Å²) < 4.78 is 16.6. The number of carbonyl (C=O) groups is 1. The number of nitrogens with zero attached hydrogens (tertiary/aromatic N) is 1. The summed E-state index contributed by atoms with van der Waals surface area (Å²) in [6, 6.07) is 20.7. The Labute approximate surface area is 202 Å². The minimum Gasteiger partial charge on any atom is -0.477 e. The lowest BCUT2D eigenvalue weighted by Gasteiger charge is -2.16. The molecule has 35 heavy (non-hydrogen) atoms. The van der Waals surface area contributed by atoms with Crippen LogP contribution in [0.4, 0.5) is 10.1 Å². The highest BCUT2D eigenvalue weighted by atomic mass is 19.1. The van der Waals surface area contributed by atoms with E-state index in [1.54, 1.807) is 10.6 Å². The number of pyridine rings is 1. The summed E-state index contributed by atoms with van der Waals surface area (Å²) in [4.78, 5) is 24.6. The van der Waals surface area contributed by atoms with Crippen molar-refractivity contribution in [2.24, 2.45) is 5.92 Å². The van der Waals surface area contributed by atoms with Gasteiger partial charge in [-0.25, -0.2) is 9.18 Å². The number of halogens is 1. The van der Waals surface area contributed by atoms with Crippen LogP contribution in [0.15, 0.2) is 77.7 Å². The van der Waals surface area contributed by atoms with Crippen LogP contribution in [0.5, 0.6) is 0 Å². The molecule has 0 spiro atoms. The van der Waals surface area contributed by atoms with Gasteiger partial charge in [-0.2, -0.15) is 0 Å². The van der Waals surface area contributed by atoms with Crippen molar-refractivity contribution in [2.75, 3.05) is 25.0 Å². The maximum absolute atomic E-state index is 14.9. The number of benzene rings is 3. The quantitative estimate of drug-likeness (QED) is 0.368. The van der Waals surface area contributed by atoms with Gasteiger partial charge in [-0.05, 0) is 54.3 Å². The molecule has 3 aromatic carbocycles. The lowest BCUT2D eigenvalue weighted by atomic mass is 10.0. The standard InChI is InChI=1S/C28H26FN3O3/c29-24-12-22-26(13-25(24)31-15-19-10-11-30-14-19)32(17-23(27(22)33)28(34)35)16-18-6-8-21(9-7-18)20-4-2-1-3-5-20/h1-9,12-13,17,19,30-31H,10-11,14-16H2,(H,34,35)/t19-/m1/s1. The highest BCUT2D eigenvalue weighted by molar-refractivity contribution is 5.93. The summed E-state index contributed by atoms with van der Waals surface area (Å²) in [5, 5.41) is 16.1. The molecule has 178 valence electrons. The van der Waals surface area contributed by atoms with Crippen molar-refractivity contribution in [2.45, 2.75) is 13.0 Å². The topological polar surface area (TPSA) is 83.4 Å². The molecular formula is C28H26FN3O3. The number of fused-ring (bicyclic) bond motifs is 1. The maximum Gasteiger partial charge on any atom is 0.341 e. The average Bonchev–Trinajstić information content (AvgIpc) is 3.39. The van der Waals surface area contributed by atoms with Gasteiger partial charge in [-0.1, -0.05) is 54.6 Å². The highest BCUT2D eigenvalue weighted by Gasteiger charge is 2.19. The molecule has 1 fully saturated rings. The van der Waals surface area contributed by atoms with Gasteiger partial charge in [0.1, 0.15) is 11.4 Å². The number of hydrogen-bond acceptors (Lipinski definition) is 4. The first-order valence-corrected chi connectivity index (χ1v) is 11.7. The van der Waals surface area contributed by atoms with E-state index >= 15 is 0 Å². The third kappa shape index (κ3) is 4.81. The van der Waals surface area contributed by atoms with E-state index in [0.29, 0.717) is 30.2 Å². The van der Waals surface area contributed by atoms with Crippen molar-refractivity contribution in [3.63, 3.8) is 0 Å². The highest BCUT2D eigenvalue weighted by Crippen LogP contribution is 2.25. The Morgan fingerprint density at radius 2 is 1.83 bits per heavy atom. The lowest BCUT2D eigenvalue weighted by molar-refractivity contribution is 0.0695. The molecule has 1 aliphatic rings.